The molecule has 5 rings (SSSR count). The summed E-state index contributed by atoms with van der Waals surface area (Å²) in [5.41, 5.74) is 10.4. The number of primary amides is 1. The number of rotatable bonds is 6. The van der Waals surface area contributed by atoms with Gasteiger partial charge in [-0.1, -0.05) is 18.2 Å². The van der Waals surface area contributed by atoms with E-state index in [1.54, 1.807) is 17.0 Å². The molecular formula is C25H27N3O3. The first-order valence-corrected chi connectivity index (χ1v) is 11.1. The van der Waals surface area contributed by atoms with Gasteiger partial charge in [0.2, 0.25) is 17.7 Å². The van der Waals surface area contributed by atoms with Gasteiger partial charge >= 0.3 is 0 Å². The van der Waals surface area contributed by atoms with E-state index in [1.807, 2.05) is 23.1 Å². The summed E-state index contributed by atoms with van der Waals surface area (Å²) in [6, 6.07) is 13.6. The Morgan fingerprint density at radius 1 is 1.03 bits per heavy atom. The molecule has 0 radical (unpaired) electrons. The smallest absolute Gasteiger partial charge is 0.248 e. The molecule has 1 atom stereocenters. The Morgan fingerprint density at radius 3 is 2.48 bits per heavy atom. The molecule has 1 heterocycles. The van der Waals surface area contributed by atoms with Crippen molar-refractivity contribution in [1.29, 1.82) is 0 Å². The first-order chi connectivity index (χ1) is 15.0. The Morgan fingerprint density at radius 2 is 1.77 bits per heavy atom. The summed E-state index contributed by atoms with van der Waals surface area (Å²) in [6.07, 6.45) is 5.62. The van der Waals surface area contributed by atoms with E-state index in [2.05, 4.69) is 12.1 Å². The van der Waals surface area contributed by atoms with Crippen LogP contribution in [0.2, 0.25) is 0 Å². The summed E-state index contributed by atoms with van der Waals surface area (Å²) < 4.78 is 0. The zero-order valence-electron chi connectivity index (χ0n) is 17.5. The highest BCUT2D eigenvalue weighted by Crippen LogP contribution is 2.34. The predicted octanol–water partition coefficient (Wildman–Crippen LogP) is 2.82. The molecule has 2 aliphatic carbocycles. The highest BCUT2D eigenvalue weighted by atomic mass is 16.2. The van der Waals surface area contributed by atoms with E-state index < -0.39 is 5.91 Å². The fraction of sp³-hybridized carbons (Fsp3) is 0.400. The largest absolute Gasteiger partial charge is 0.366 e. The van der Waals surface area contributed by atoms with Crippen LogP contribution in [0.15, 0.2) is 42.5 Å². The quantitative estimate of drug-likeness (QED) is 0.784. The Labute approximate surface area is 182 Å². The van der Waals surface area contributed by atoms with Gasteiger partial charge in [0.25, 0.3) is 0 Å². The van der Waals surface area contributed by atoms with Crippen molar-refractivity contribution in [2.75, 3.05) is 11.4 Å². The number of hydrogen-bond donors (Lipinski definition) is 1. The Bertz CT molecular complexity index is 1040. The summed E-state index contributed by atoms with van der Waals surface area (Å²) in [5, 5.41) is 0. The minimum absolute atomic E-state index is 0.0258. The second-order valence-corrected chi connectivity index (χ2v) is 8.97. The van der Waals surface area contributed by atoms with Crippen molar-refractivity contribution in [3.05, 3.63) is 64.7 Å². The molecule has 0 bridgehead atoms. The molecule has 1 saturated heterocycles. The van der Waals surface area contributed by atoms with E-state index in [0.717, 1.165) is 36.9 Å². The standard InChI is InChI=1S/C25H27N3O3/c26-24(30)18-6-4-16(5-7-18)14-28(21-10-11-21)25(31)20-13-23(29)27(15-20)22-9-8-17-2-1-3-19(17)12-22/h4-9,12,20-21H,1-3,10-11,13-15H2,(H2,26,30)/t20-/m0/s1. The van der Waals surface area contributed by atoms with Crippen LogP contribution in [0.1, 0.15) is 52.7 Å². The number of fused-ring (bicyclic) bond motifs is 1. The number of amides is 3. The van der Waals surface area contributed by atoms with Gasteiger partial charge < -0.3 is 15.5 Å². The van der Waals surface area contributed by atoms with E-state index in [1.165, 1.54) is 17.5 Å². The van der Waals surface area contributed by atoms with Crippen LogP contribution >= 0.6 is 0 Å². The van der Waals surface area contributed by atoms with Gasteiger partial charge in [-0.05, 0) is 73.1 Å². The van der Waals surface area contributed by atoms with Crippen molar-refractivity contribution in [2.45, 2.75) is 51.1 Å². The average Bonchev–Trinajstić information content (AvgIpc) is 3.37. The van der Waals surface area contributed by atoms with E-state index in [9.17, 15) is 14.4 Å². The third-order valence-electron chi connectivity index (χ3n) is 6.73. The van der Waals surface area contributed by atoms with Crippen LogP contribution in [0.4, 0.5) is 5.69 Å². The van der Waals surface area contributed by atoms with E-state index in [0.29, 0.717) is 18.7 Å². The highest BCUT2D eigenvalue weighted by molar-refractivity contribution is 6.00. The van der Waals surface area contributed by atoms with Gasteiger partial charge in [0, 0.05) is 36.8 Å². The lowest BCUT2D eigenvalue weighted by atomic mass is 10.1. The van der Waals surface area contributed by atoms with Crippen molar-refractivity contribution in [3.63, 3.8) is 0 Å². The summed E-state index contributed by atoms with van der Waals surface area (Å²) in [6.45, 7) is 0.937. The molecule has 3 amide bonds. The SMILES string of the molecule is NC(=O)c1ccc(CN(C(=O)[C@H]2CC(=O)N(c3ccc4c(c3)CCC4)C2)C2CC2)cc1. The van der Waals surface area contributed by atoms with Crippen LogP contribution in [0, 0.1) is 5.92 Å². The van der Waals surface area contributed by atoms with Crippen molar-refractivity contribution in [3.8, 4) is 0 Å². The number of benzene rings is 2. The van der Waals surface area contributed by atoms with E-state index >= 15 is 0 Å². The van der Waals surface area contributed by atoms with Crippen LogP contribution in [-0.4, -0.2) is 35.2 Å². The fourth-order valence-electron chi connectivity index (χ4n) is 4.83. The van der Waals surface area contributed by atoms with E-state index in [4.69, 9.17) is 5.73 Å². The second kappa shape index (κ2) is 7.84. The normalized spacial score (nSPS) is 20.1. The minimum Gasteiger partial charge on any atom is -0.366 e. The maximum absolute atomic E-state index is 13.4. The number of nitrogens with zero attached hydrogens (tertiary/aromatic N) is 2. The first kappa shape index (κ1) is 19.8. The van der Waals surface area contributed by atoms with Gasteiger partial charge in [-0.3, -0.25) is 14.4 Å². The molecular weight excluding hydrogens is 390 g/mol. The molecule has 2 aromatic rings. The number of carbonyl (C=O) groups is 3. The maximum atomic E-state index is 13.4. The Kier molecular flexibility index (Phi) is 5.00. The van der Waals surface area contributed by atoms with Crippen molar-refractivity contribution in [2.24, 2.45) is 11.7 Å². The molecule has 2 aromatic carbocycles. The molecule has 160 valence electrons. The van der Waals surface area contributed by atoms with E-state index in [-0.39, 0.29) is 30.2 Å². The predicted molar refractivity (Wildman–Crippen MR) is 117 cm³/mol. The monoisotopic (exact) mass is 417 g/mol. The molecule has 0 unspecified atom stereocenters. The Hall–Kier alpha value is -3.15. The third kappa shape index (κ3) is 3.94. The number of aryl methyl sites for hydroxylation is 2. The lowest BCUT2D eigenvalue weighted by molar-refractivity contribution is -0.137. The van der Waals surface area contributed by atoms with Crippen molar-refractivity contribution >= 4 is 23.4 Å². The van der Waals surface area contributed by atoms with Gasteiger partial charge in [0.05, 0.1) is 5.92 Å². The number of anilines is 1. The molecule has 2 N–H and O–H groups in total. The number of hydrogen-bond acceptors (Lipinski definition) is 3. The number of carbonyl (C=O) groups excluding carboxylic acids is 3. The molecule has 6 nitrogen and oxygen atoms in total. The molecule has 31 heavy (non-hydrogen) atoms. The number of nitrogens with two attached hydrogens (primary N) is 1. The highest BCUT2D eigenvalue weighted by Gasteiger charge is 2.41. The van der Waals surface area contributed by atoms with Crippen LogP contribution in [-0.2, 0) is 29.0 Å². The maximum Gasteiger partial charge on any atom is 0.248 e. The molecule has 0 aromatic heterocycles. The van der Waals surface area contributed by atoms with Crippen LogP contribution in [0.5, 0.6) is 0 Å². The third-order valence-corrected chi connectivity index (χ3v) is 6.73. The van der Waals surface area contributed by atoms with Gasteiger partial charge in [-0.2, -0.15) is 0 Å². The molecule has 1 aliphatic heterocycles. The van der Waals surface area contributed by atoms with Crippen molar-refractivity contribution in [1.82, 2.24) is 4.90 Å². The average molecular weight is 418 g/mol. The van der Waals surface area contributed by atoms with Crippen LogP contribution < -0.4 is 10.6 Å². The zero-order chi connectivity index (χ0) is 21.5. The molecule has 0 spiro atoms. The minimum atomic E-state index is -0.460. The topological polar surface area (TPSA) is 83.7 Å². The Balaban J connectivity index is 1.30. The first-order valence-electron chi connectivity index (χ1n) is 11.1. The molecule has 3 aliphatic rings. The lowest BCUT2D eigenvalue weighted by Crippen LogP contribution is -2.38. The summed E-state index contributed by atoms with van der Waals surface area (Å²) >= 11 is 0. The van der Waals surface area contributed by atoms with Crippen LogP contribution in [0.3, 0.4) is 0 Å². The van der Waals surface area contributed by atoms with Crippen molar-refractivity contribution < 1.29 is 14.4 Å². The van der Waals surface area contributed by atoms with Gasteiger partial charge in [0.15, 0.2) is 0 Å². The van der Waals surface area contributed by atoms with Gasteiger partial charge in [-0.25, -0.2) is 0 Å². The summed E-state index contributed by atoms with van der Waals surface area (Å²) in [7, 11) is 0. The lowest BCUT2D eigenvalue weighted by Gasteiger charge is -2.26. The molecule has 1 saturated carbocycles. The molecule has 2 fully saturated rings. The van der Waals surface area contributed by atoms with Gasteiger partial charge in [-0.15, -0.1) is 0 Å². The summed E-state index contributed by atoms with van der Waals surface area (Å²) in [5.74, 6) is -0.694. The van der Waals surface area contributed by atoms with Crippen LogP contribution in [0.25, 0.3) is 0 Å². The zero-order valence-corrected chi connectivity index (χ0v) is 17.5. The molecule has 6 heteroatoms. The summed E-state index contributed by atoms with van der Waals surface area (Å²) in [4.78, 5) is 41.2. The van der Waals surface area contributed by atoms with Gasteiger partial charge in [0.1, 0.15) is 0 Å². The second-order valence-electron chi connectivity index (χ2n) is 8.97. The fourth-order valence-corrected chi connectivity index (χ4v) is 4.83.